The van der Waals surface area contributed by atoms with Crippen LogP contribution in [0, 0.1) is 0 Å². The van der Waals surface area contributed by atoms with Gasteiger partial charge in [0.1, 0.15) is 11.9 Å². The maximum atomic E-state index is 10.7. The fourth-order valence-corrected chi connectivity index (χ4v) is 1.49. The summed E-state index contributed by atoms with van der Waals surface area (Å²) in [5, 5.41) is 11.7. The number of hydrogen-bond acceptors (Lipinski definition) is 3. The van der Waals surface area contributed by atoms with Crippen molar-refractivity contribution in [2.45, 2.75) is 18.9 Å². The van der Waals surface area contributed by atoms with Crippen molar-refractivity contribution >= 4 is 11.8 Å². The summed E-state index contributed by atoms with van der Waals surface area (Å²) in [6, 6.07) is 3.34. The molecule has 1 aromatic rings. The first kappa shape index (κ1) is 8.04. The van der Waals surface area contributed by atoms with Crippen molar-refractivity contribution in [3.8, 4) is 0 Å². The Morgan fingerprint density at radius 2 is 2.54 bits per heavy atom. The van der Waals surface area contributed by atoms with Gasteiger partial charge in [-0.1, -0.05) is 6.07 Å². The lowest BCUT2D eigenvalue weighted by Crippen LogP contribution is -2.33. The molecular weight excluding hydrogens is 168 g/mol. The number of aromatic nitrogens is 1. The third-order valence-corrected chi connectivity index (χ3v) is 2.20. The smallest absolute Gasteiger partial charge is 0.326 e. The number of hydrogen-bond donors (Lipinski definition) is 2. The van der Waals surface area contributed by atoms with Crippen LogP contribution in [0.1, 0.15) is 12.0 Å². The minimum Gasteiger partial charge on any atom is -0.480 e. The molecule has 1 unspecified atom stereocenters. The molecule has 13 heavy (non-hydrogen) atoms. The van der Waals surface area contributed by atoms with Gasteiger partial charge in [0, 0.05) is 6.20 Å². The van der Waals surface area contributed by atoms with Crippen molar-refractivity contribution in [2.75, 3.05) is 5.32 Å². The number of aryl methyl sites for hydroxylation is 1. The molecule has 1 aliphatic heterocycles. The third-order valence-electron chi connectivity index (χ3n) is 2.20. The van der Waals surface area contributed by atoms with Gasteiger partial charge in [0.25, 0.3) is 0 Å². The summed E-state index contributed by atoms with van der Waals surface area (Å²) >= 11 is 0. The Labute approximate surface area is 75.6 Å². The maximum Gasteiger partial charge on any atom is 0.326 e. The topological polar surface area (TPSA) is 62.2 Å². The lowest BCUT2D eigenvalue weighted by atomic mass is 10.0. The molecule has 1 aliphatic rings. The average molecular weight is 178 g/mol. The number of nitrogens with one attached hydrogen (secondary N) is 1. The van der Waals surface area contributed by atoms with Crippen molar-refractivity contribution in [1.82, 2.24) is 4.98 Å². The van der Waals surface area contributed by atoms with Crippen molar-refractivity contribution in [1.29, 1.82) is 0 Å². The summed E-state index contributed by atoms with van der Waals surface area (Å²) in [4.78, 5) is 14.8. The monoisotopic (exact) mass is 178 g/mol. The van der Waals surface area contributed by atoms with E-state index in [4.69, 9.17) is 5.11 Å². The van der Waals surface area contributed by atoms with Crippen LogP contribution in [0.2, 0.25) is 0 Å². The Balaban J connectivity index is 2.24. The molecule has 0 bridgehead atoms. The highest BCUT2D eigenvalue weighted by molar-refractivity contribution is 5.78. The molecule has 2 heterocycles. The van der Waals surface area contributed by atoms with Gasteiger partial charge in [-0.15, -0.1) is 0 Å². The Hall–Kier alpha value is -1.58. The Bertz CT molecular complexity index is 338. The minimum atomic E-state index is -0.809. The zero-order valence-electron chi connectivity index (χ0n) is 7.03. The minimum absolute atomic E-state index is 0.484. The van der Waals surface area contributed by atoms with Crippen LogP contribution >= 0.6 is 0 Å². The SMILES string of the molecule is O=C(O)C1CCc2cccnc2N1. The van der Waals surface area contributed by atoms with Gasteiger partial charge in [-0.2, -0.15) is 0 Å². The molecule has 1 aromatic heterocycles. The molecule has 4 heteroatoms. The summed E-state index contributed by atoms with van der Waals surface area (Å²) in [6.45, 7) is 0. The predicted molar refractivity (Wildman–Crippen MR) is 47.6 cm³/mol. The summed E-state index contributed by atoms with van der Waals surface area (Å²) in [5.74, 6) is -0.0996. The lowest BCUT2D eigenvalue weighted by molar-refractivity contribution is -0.138. The van der Waals surface area contributed by atoms with E-state index in [9.17, 15) is 4.79 Å². The molecular formula is C9H10N2O2. The van der Waals surface area contributed by atoms with Gasteiger partial charge in [0.2, 0.25) is 0 Å². The van der Waals surface area contributed by atoms with Crippen LogP contribution in [0.25, 0.3) is 0 Å². The van der Waals surface area contributed by atoms with Crippen molar-refractivity contribution in [3.63, 3.8) is 0 Å². The van der Waals surface area contributed by atoms with Gasteiger partial charge in [-0.05, 0) is 24.5 Å². The van der Waals surface area contributed by atoms with Gasteiger partial charge >= 0.3 is 5.97 Å². The molecule has 0 saturated carbocycles. The molecule has 0 fully saturated rings. The van der Waals surface area contributed by atoms with E-state index < -0.39 is 12.0 Å². The quantitative estimate of drug-likeness (QED) is 0.670. The summed E-state index contributed by atoms with van der Waals surface area (Å²) in [7, 11) is 0. The van der Waals surface area contributed by atoms with Crippen molar-refractivity contribution in [2.24, 2.45) is 0 Å². The molecule has 4 nitrogen and oxygen atoms in total. The van der Waals surface area contributed by atoms with E-state index in [0.29, 0.717) is 12.2 Å². The van der Waals surface area contributed by atoms with Crippen molar-refractivity contribution < 1.29 is 9.90 Å². The molecule has 0 radical (unpaired) electrons. The molecule has 2 rings (SSSR count). The van der Waals surface area contributed by atoms with E-state index in [1.165, 1.54) is 0 Å². The molecule has 2 N–H and O–H groups in total. The van der Waals surface area contributed by atoms with Crippen LogP contribution in [-0.2, 0) is 11.2 Å². The summed E-state index contributed by atoms with van der Waals surface area (Å²) < 4.78 is 0. The zero-order chi connectivity index (χ0) is 9.26. The second-order valence-corrected chi connectivity index (χ2v) is 3.08. The number of pyridine rings is 1. The first-order valence-corrected chi connectivity index (χ1v) is 4.20. The molecule has 1 atom stereocenters. The van der Waals surface area contributed by atoms with Gasteiger partial charge < -0.3 is 10.4 Å². The van der Waals surface area contributed by atoms with Gasteiger partial charge in [-0.3, -0.25) is 0 Å². The molecule has 0 saturated heterocycles. The third kappa shape index (κ3) is 1.47. The fraction of sp³-hybridized carbons (Fsp3) is 0.333. The number of carboxylic acids is 1. The van der Waals surface area contributed by atoms with Crippen molar-refractivity contribution in [3.05, 3.63) is 23.9 Å². The highest BCUT2D eigenvalue weighted by atomic mass is 16.4. The van der Waals surface area contributed by atoms with Crippen LogP contribution in [0.5, 0.6) is 0 Å². The van der Waals surface area contributed by atoms with E-state index >= 15 is 0 Å². The van der Waals surface area contributed by atoms with Gasteiger partial charge in [-0.25, -0.2) is 9.78 Å². The van der Waals surface area contributed by atoms with Crippen LogP contribution in [0.15, 0.2) is 18.3 Å². The number of aliphatic carboxylic acids is 1. The van der Waals surface area contributed by atoms with Crippen LogP contribution < -0.4 is 5.32 Å². The van der Waals surface area contributed by atoms with Gasteiger partial charge in [0.05, 0.1) is 0 Å². The average Bonchev–Trinajstić information content (AvgIpc) is 2.17. The number of rotatable bonds is 1. The molecule has 0 spiro atoms. The highest BCUT2D eigenvalue weighted by Crippen LogP contribution is 2.21. The van der Waals surface area contributed by atoms with E-state index in [1.54, 1.807) is 6.20 Å². The normalized spacial score (nSPS) is 20.2. The molecule has 0 aliphatic carbocycles. The van der Waals surface area contributed by atoms with Gasteiger partial charge in [0.15, 0.2) is 0 Å². The van der Waals surface area contributed by atoms with Crippen LogP contribution in [-0.4, -0.2) is 22.1 Å². The molecule has 68 valence electrons. The predicted octanol–water partition coefficient (Wildman–Crippen LogP) is 0.893. The second kappa shape index (κ2) is 3.05. The second-order valence-electron chi connectivity index (χ2n) is 3.08. The summed E-state index contributed by atoms with van der Waals surface area (Å²) in [5.41, 5.74) is 1.10. The number of fused-ring (bicyclic) bond motifs is 1. The fourth-order valence-electron chi connectivity index (χ4n) is 1.49. The number of carbonyl (C=O) groups is 1. The Morgan fingerprint density at radius 1 is 1.69 bits per heavy atom. The Kier molecular flexibility index (Phi) is 1.88. The van der Waals surface area contributed by atoms with E-state index in [-0.39, 0.29) is 0 Å². The van der Waals surface area contributed by atoms with E-state index in [2.05, 4.69) is 10.3 Å². The standard InChI is InChI=1S/C9H10N2O2/c12-9(13)7-4-3-6-2-1-5-10-8(6)11-7/h1-2,5,7H,3-4H2,(H,10,11)(H,12,13). The molecule has 0 amide bonds. The zero-order valence-corrected chi connectivity index (χ0v) is 7.03. The number of anilines is 1. The highest BCUT2D eigenvalue weighted by Gasteiger charge is 2.23. The first-order chi connectivity index (χ1) is 6.27. The molecule has 0 aromatic carbocycles. The maximum absolute atomic E-state index is 10.7. The first-order valence-electron chi connectivity index (χ1n) is 4.20. The van der Waals surface area contributed by atoms with E-state index in [1.807, 2.05) is 12.1 Å². The largest absolute Gasteiger partial charge is 0.480 e. The van der Waals surface area contributed by atoms with E-state index in [0.717, 1.165) is 12.0 Å². The summed E-state index contributed by atoms with van der Waals surface area (Å²) in [6.07, 6.45) is 3.08. The number of carboxylic acid groups (broad SMARTS) is 1. The number of nitrogens with zero attached hydrogens (tertiary/aromatic N) is 1. The van der Waals surface area contributed by atoms with Crippen LogP contribution in [0.4, 0.5) is 5.82 Å². The van der Waals surface area contributed by atoms with Crippen LogP contribution in [0.3, 0.4) is 0 Å². The lowest BCUT2D eigenvalue weighted by Gasteiger charge is -2.22. The Morgan fingerprint density at radius 3 is 3.31 bits per heavy atom.